The number of alkyl halides is 3. The summed E-state index contributed by atoms with van der Waals surface area (Å²) in [6, 6.07) is 0. The van der Waals surface area contributed by atoms with Crippen molar-refractivity contribution in [3.63, 3.8) is 0 Å². The third kappa shape index (κ3) is 4.66. The molecule has 0 aromatic rings. The molecule has 1 radical (unpaired) electrons. The molecule has 8 heteroatoms. The molecule has 0 fully saturated rings. The zero-order valence-electron chi connectivity index (χ0n) is 3.68. The van der Waals surface area contributed by atoms with Crippen molar-refractivity contribution in [3.8, 4) is 0 Å². The monoisotopic (exact) mass is 303 g/mol. The quantitative estimate of drug-likeness (QED) is 0.520. The maximum atomic E-state index is 10.7. The molecule has 1 N–H and O–H groups in total. The Labute approximate surface area is 89.9 Å². The summed E-state index contributed by atoms with van der Waals surface area (Å²) in [6.07, 6.45) is 0. The van der Waals surface area contributed by atoms with E-state index in [4.69, 9.17) is 13.0 Å². The van der Waals surface area contributed by atoms with Crippen LogP contribution in [-0.2, 0) is 10.1 Å². The number of hydrogen-bond donors (Lipinski definition) is 1. The molecular weight excluding hydrogens is 301 g/mol. The molecule has 0 amide bonds. The van der Waals surface area contributed by atoms with Gasteiger partial charge in [0, 0.05) is 49.4 Å². The van der Waals surface area contributed by atoms with Gasteiger partial charge in [-0.3, -0.25) is 4.55 Å². The van der Waals surface area contributed by atoms with Crippen molar-refractivity contribution in [2.75, 3.05) is 0 Å². The summed E-state index contributed by atoms with van der Waals surface area (Å²) in [6.45, 7) is 0. The molecule has 0 atom stereocenters. The van der Waals surface area contributed by atoms with Gasteiger partial charge in [-0.05, 0) is 0 Å². The summed E-state index contributed by atoms with van der Waals surface area (Å²) >= 11 is 0. The molecular formula is CHEuF3O3S. The second-order valence-electron chi connectivity index (χ2n) is 0.921. The number of hydrogen-bond acceptors (Lipinski definition) is 2. The zero-order chi connectivity index (χ0) is 7.00. The second-order valence-corrected chi connectivity index (χ2v) is 2.33. The molecule has 9 heavy (non-hydrogen) atoms. The minimum Gasteiger partial charge on any atom is -0.279 e. The van der Waals surface area contributed by atoms with Crippen LogP contribution in [0.1, 0.15) is 0 Å². The van der Waals surface area contributed by atoms with Gasteiger partial charge in [0.25, 0.3) is 0 Å². The Morgan fingerprint density at radius 3 is 1.33 bits per heavy atom. The van der Waals surface area contributed by atoms with E-state index in [1.54, 1.807) is 0 Å². The van der Waals surface area contributed by atoms with Crippen LogP contribution in [0.3, 0.4) is 0 Å². The van der Waals surface area contributed by atoms with E-state index in [9.17, 15) is 13.2 Å². The van der Waals surface area contributed by atoms with Crippen molar-refractivity contribution in [2.45, 2.75) is 5.51 Å². The van der Waals surface area contributed by atoms with Gasteiger partial charge >= 0.3 is 15.6 Å². The summed E-state index contributed by atoms with van der Waals surface area (Å²) in [5, 5.41) is 0. The van der Waals surface area contributed by atoms with Crippen molar-refractivity contribution in [3.05, 3.63) is 0 Å². The summed E-state index contributed by atoms with van der Waals surface area (Å²) in [4.78, 5) is 0. The third-order valence-corrected chi connectivity index (χ3v) is 0.877. The van der Waals surface area contributed by atoms with Gasteiger partial charge in [0.1, 0.15) is 0 Å². The fraction of sp³-hybridized carbons (Fsp3) is 1.00. The minimum absolute atomic E-state index is 0. The van der Waals surface area contributed by atoms with Gasteiger partial charge in [0.05, 0.1) is 0 Å². The average molecular weight is 302 g/mol. The molecule has 57 valence electrons. The van der Waals surface area contributed by atoms with E-state index in [1.165, 1.54) is 0 Å². The normalized spacial score (nSPS) is 12.4. The third-order valence-electron chi connectivity index (χ3n) is 0.292. The van der Waals surface area contributed by atoms with Crippen LogP contribution in [0, 0.1) is 49.4 Å². The fourth-order valence-corrected chi connectivity index (χ4v) is 0. The summed E-state index contributed by atoms with van der Waals surface area (Å²) < 4.78 is 57.5. The maximum absolute atomic E-state index is 10.7. The van der Waals surface area contributed by atoms with Crippen LogP contribution in [0.2, 0.25) is 0 Å². The molecule has 0 spiro atoms. The minimum atomic E-state index is -5.84. The largest absolute Gasteiger partial charge is 0.522 e. The van der Waals surface area contributed by atoms with Gasteiger partial charge in [-0.2, -0.15) is 21.6 Å². The van der Waals surface area contributed by atoms with Crippen LogP contribution in [0.25, 0.3) is 0 Å². The molecule has 0 aliphatic rings. The Morgan fingerprint density at radius 1 is 1.22 bits per heavy atom. The van der Waals surface area contributed by atoms with Gasteiger partial charge in [-0.25, -0.2) is 0 Å². The molecule has 0 aromatic carbocycles. The second kappa shape index (κ2) is 3.61. The van der Waals surface area contributed by atoms with Gasteiger partial charge in [0.15, 0.2) is 0 Å². The van der Waals surface area contributed by atoms with Gasteiger partial charge < -0.3 is 0 Å². The Kier molecular flexibility index (Phi) is 5.18. The Hall–Kier alpha value is 1.28. The van der Waals surface area contributed by atoms with Crippen LogP contribution in [0.15, 0.2) is 0 Å². The van der Waals surface area contributed by atoms with Crippen LogP contribution in [0.5, 0.6) is 0 Å². The van der Waals surface area contributed by atoms with E-state index in [2.05, 4.69) is 0 Å². The molecule has 0 aliphatic carbocycles. The molecule has 3 nitrogen and oxygen atoms in total. The first-order valence-electron chi connectivity index (χ1n) is 1.29. The van der Waals surface area contributed by atoms with Crippen molar-refractivity contribution < 1.29 is 75.5 Å². The molecule has 0 unspecified atom stereocenters. The van der Waals surface area contributed by atoms with Crippen LogP contribution in [0.4, 0.5) is 13.2 Å². The van der Waals surface area contributed by atoms with Crippen LogP contribution in [-0.4, -0.2) is 18.5 Å². The topological polar surface area (TPSA) is 54.4 Å². The summed E-state index contributed by atoms with van der Waals surface area (Å²) in [5.41, 5.74) is -5.53. The Balaban J connectivity index is 0. The SMILES string of the molecule is O=S(=O)(O)C(F)(F)F.[Eu]. The van der Waals surface area contributed by atoms with E-state index in [0.717, 1.165) is 0 Å². The van der Waals surface area contributed by atoms with Crippen molar-refractivity contribution in [1.82, 2.24) is 0 Å². The van der Waals surface area contributed by atoms with Gasteiger partial charge in [-0.15, -0.1) is 0 Å². The van der Waals surface area contributed by atoms with E-state index in [0.29, 0.717) is 0 Å². The standard InChI is InChI=1S/CHF3O3S.Eu/c2-1(3,4)8(5,6)7;/h(H,5,6,7);. The zero-order valence-corrected chi connectivity index (χ0v) is 6.93. The Morgan fingerprint density at radius 2 is 1.33 bits per heavy atom. The first-order valence-corrected chi connectivity index (χ1v) is 2.73. The molecule has 0 bridgehead atoms. The van der Waals surface area contributed by atoms with E-state index in [-0.39, 0.29) is 49.4 Å². The molecule has 0 saturated heterocycles. The van der Waals surface area contributed by atoms with E-state index < -0.39 is 15.6 Å². The predicted octanol–water partition coefficient (Wildman–Crippen LogP) is 0.394. The first kappa shape index (κ1) is 12.9. The number of rotatable bonds is 0. The first-order chi connectivity index (χ1) is 3.25. The van der Waals surface area contributed by atoms with Crippen LogP contribution >= 0.6 is 0 Å². The smallest absolute Gasteiger partial charge is 0.279 e. The molecule has 0 heterocycles. The predicted molar refractivity (Wildman–Crippen MR) is 17.6 cm³/mol. The van der Waals surface area contributed by atoms with E-state index in [1.807, 2.05) is 0 Å². The number of halogens is 3. The maximum Gasteiger partial charge on any atom is 0.522 e. The average Bonchev–Trinajstić information content (AvgIpc) is 1.25. The van der Waals surface area contributed by atoms with Gasteiger partial charge in [-0.1, -0.05) is 0 Å². The van der Waals surface area contributed by atoms with E-state index >= 15 is 0 Å². The molecule has 0 aromatic heterocycles. The van der Waals surface area contributed by atoms with Crippen molar-refractivity contribution in [2.24, 2.45) is 0 Å². The van der Waals surface area contributed by atoms with Crippen molar-refractivity contribution in [1.29, 1.82) is 0 Å². The van der Waals surface area contributed by atoms with Crippen molar-refractivity contribution >= 4 is 10.1 Å². The van der Waals surface area contributed by atoms with Crippen LogP contribution < -0.4 is 0 Å². The fourth-order valence-electron chi connectivity index (χ4n) is 0. The molecule has 0 saturated carbocycles. The molecule has 0 rings (SSSR count). The van der Waals surface area contributed by atoms with Gasteiger partial charge in [0.2, 0.25) is 0 Å². The summed E-state index contributed by atoms with van der Waals surface area (Å²) in [7, 11) is -5.84. The summed E-state index contributed by atoms with van der Waals surface area (Å²) in [5.74, 6) is 0. The Bertz CT molecular complexity index is 168. The molecule has 0 aliphatic heterocycles.